The number of rotatable bonds is 2. The summed E-state index contributed by atoms with van der Waals surface area (Å²) in [6, 6.07) is -0.467. The highest BCUT2D eigenvalue weighted by molar-refractivity contribution is 6.02. The van der Waals surface area contributed by atoms with Crippen molar-refractivity contribution < 1.29 is 19.4 Å². The Morgan fingerprint density at radius 3 is 2.50 bits per heavy atom. The zero-order valence-electron chi connectivity index (χ0n) is 10.8. The van der Waals surface area contributed by atoms with Gasteiger partial charge in [-0.1, -0.05) is 6.92 Å². The molecule has 18 heavy (non-hydrogen) atoms. The van der Waals surface area contributed by atoms with E-state index in [4.69, 9.17) is 4.74 Å². The first kappa shape index (κ1) is 12.9. The maximum atomic E-state index is 12.4. The van der Waals surface area contributed by atoms with Gasteiger partial charge in [-0.25, -0.2) is 4.79 Å². The second-order valence-electron chi connectivity index (χ2n) is 4.52. The number of nitrogens with zero attached hydrogens (tertiary/aromatic N) is 2. The molecule has 100 valence electrons. The molecule has 1 N–H and O–H groups in total. The van der Waals surface area contributed by atoms with E-state index in [1.165, 1.54) is 11.2 Å². The van der Waals surface area contributed by atoms with Crippen LogP contribution in [0.5, 0.6) is 0 Å². The summed E-state index contributed by atoms with van der Waals surface area (Å²) in [6.07, 6.45) is 1.89. The maximum Gasteiger partial charge on any atom is 0.328 e. The Hall–Kier alpha value is -1.56. The number of imide groups is 1. The van der Waals surface area contributed by atoms with Crippen LogP contribution >= 0.6 is 0 Å². The lowest BCUT2D eigenvalue weighted by atomic mass is 9.84. The zero-order chi connectivity index (χ0) is 13.5. The quantitative estimate of drug-likeness (QED) is 0.780. The largest absolute Gasteiger partial charge is 0.480 e. The number of carbonyl (C=O) groups is 2. The Morgan fingerprint density at radius 1 is 1.39 bits per heavy atom. The molecule has 0 aromatic carbocycles. The van der Waals surface area contributed by atoms with Gasteiger partial charge in [-0.15, -0.1) is 0 Å². The molecule has 3 atom stereocenters. The van der Waals surface area contributed by atoms with Gasteiger partial charge in [-0.3, -0.25) is 14.6 Å². The highest BCUT2D eigenvalue weighted by Gasteiger charge is 2.62. The molecule has 1 unspecified atom stereocenters. The lowest BCUT2D eigenvalue weighted by molar-refractivity contribution is -0.192. The molecule has 0 saturated carbocycles. The zero-order valence-corrected chi connectivity index (χ0v) is 10.8. The van der Waals surface area contributed by atoms with E-state index in [-0.39, 0.29) is 12.5 Å². The molecule has 0 aromatic rings. The van der Waals surface area contributed by atoms with Crippen LogP contribution in [-0.2, 0) is 9.53 Å². The Kier molecular flexibility index (Phi) is 3.06. The number of likely N-dealkylation sites (N-methyl/N-ethyl adjacent to an activating group) is 2. The molecule has 0 radical (unpaired) electrons. The number of urea groups is 1. The Labute approximate surface area is 106 Å². The second-order valence-corrected chi connectivity index (χ2v) is 4.52. The summed E-state index contributed by atoms with van der Waals surface area (Å²) in [5, 5.41) is 10.3. The SMILES string of the molecule is CCN1C(=O)N(CC)[C@@H](O)[C@@]2(OC=CC2C)C1=O. The van der Waals surface area contributed by atoms with Gasteiger partial charge in [-0.05, 0) is 19.9 Å². The van der Waals surface area contributed by atoms with Crippen molar-refractivity contribution in [3.8, 4) is 0 Å². The van der Waals surface area contributed by atoms with Crippen molar-refractivity contribution in [2.24, 2.45) is 5.92 Å². The van der Waals surface area contributed by atoms with Gasteiger partial charge >= 0.3 is 6.03 Å². The van der Waals surface area contributed by atoms with Gasteiger partial charge in [0.2, 0.25) is 5.60 Å². The summed E-state index contributed by atoms with van der Waals surface area (Å²) in [7, 11) is 0. The average molecular weight is 254 g/mol. The van der Waals surface area contributed by atoms with Crippen molar-refractivity contribution in [3.05, 3.63) is 12.3 Å². The minimum Gasteiger partial charge on any atom is -0.480 e. The van der Waals surface area contributed by atoms with E-state index in [2.05, 4.69) is 0 Å². The van der Waals surface area contributed by atoms with Gasteiger partial charge in [0, 0.05) is 19.0 Å². The van der Waals surface area contributed by atoms with E-state index in [0.717, 1.165) is 4.90 Å². The molecule has 3 amide bonds. The minimum absolute atomic E-state index is 0.263. The first-order chi connectivity index (χ1) is 8.50. The van der Waals surface area contributed by atoms with Crippen LogP contribution in [0.3, 0.4) is 0 Å². The number of amides is 3. The van der Waals surface area contributed by atoms with E-state index in [1.807, 2.05) is 0 Å². The van der Waals surface area contributed by atoms with Gasteiger partial charge < -0.3 is 9.84 Å². The monoisotopic (exact) mass is 254 g/mol. The normalized spacial score (nSPS) is 35.6. The third-order valence-electron chi connectivity index (χ3n) is 3.70. The summed E-state index contributed by atoms with van der Waals surface area (Å²) in [5.41, 5.74) is -1.39. The van der Waals surface area contributed by atoms with E-state index in [9.17, 15) is 14.7 Å². The van der Waals surface area contributed by atoms with Crippen LogP contribution < -0.4 is 0 Å². The fourth-order valence-electron chi connectivity index (χ4n) is 2.55. The van der Waals surface area contributed by atoms with Crippen LogP contribution in [0.2, 0.25) is 0 Å². The topological polar surface area (TPSA) is 70.1 Å². The lowest BCUT2D eigenvalue weighted by Gasteiger charge is -2.48. The van der Waals surface area contributed by atoms with Crippen molar-refractivity contribution in [2.45, 2.75) is 32.6 Å². The number of hydrogen-bond donors (Lipinski definition) is 1. The molecule has 1 fully saturated rings. The van der Waals surface area contributed by atoms with Crippen LogP contribution in [0.4, 0.5) is 4.79 Å². The van der Waals surface area contributed by atoms with Crippen LogP contribution in [0.25, 0.3) is 0 Å². The third kappa shape index (κ3) is 1.38. The third-order valence-corrected chi connectivity index (χ3v) is 3.70. The van der Waals surface area contributed by atoms with Gasteiger partial charge in [0.05, 0.1) is 6.26 Å². The summed E-state index contributed by atoms with van der Waals surface area (Å²) in [4.78, 5) is 26.9. The predicted octanol–water partition coefficient (Wildman–Crippen LogP) is 0.528. The minimum atomic E-state index is -1.39. The first-order valence-electron chi connectivity index (χ1n) is 6.15. The molecule has 6 nitrogen and oxygen atoms in total. The molecular weight excluding hydrogens is 236 g/mol. The van der Waals surface area contributed by atoms with Crippen molar-refractivity contribution in [3.63, 3.8) is 0 Å². The summed E-state index contributed by atoms with van der Waals surface area (Å²) in [5.74, 6) is -0.749. The van der Waals surface area contributed by atoms with Gasteiger partial charge in [0.1, 0.15) is 0 Å². The van der Waals surface area contributed by atoms with E-state index in [0.29, 0.717) is 6.54 Å². The molecule has 0 aliphatic carbocycles. The highest BCUT2D eigenvalue weighted by Crippen LogP contribution is 2.39. The smallest absolute Gasteiger partial charge is 0.328 e. The van der Waals surface area contributed by atoms with Gasteiger partial charge in [-0.2, -0.15) is 0 Å². The second kappa shape index (κ2) is 4.28. The number of aliphatic hydroxyl groups is 1. The van der Waals surface area contributed by atoms with Crippen LogP contribution in [0.15, 0.2) is 12.3 Å². The molecular formula is C12H18N2O4. The molecule has 2 heterocycles. The van der Waals surface area contributed by atoms with Crippen molar-refractivity contribution in [1.29, 1.82) is 0 Å². The summed E-state index contributed by atoms with van der Waals surface area (Å²) >= 11 is 0. The summed E-state index contributed by atoms with van der Waals surface area (Å²) in [6.45, 7) is 5.86. The molecule has 0 bridgehead atoms. The van der Waals surface area contributed by atoms with Gasteiger partial charge in [0.25, 0.3) is 5.91 Å². The van der Waals surface area contributed by atoms with Crippen LogP contribution in [-0.4, -0.2) is 51.8 Å². The lowest BCUT2D eigenvalue weighted by Crippen LogP contribution is -2.72. The van der Waals surface area contributed by atoms with Crippen LogP contribution in [0.1, 0.15) is 20.8 Å². The molecule has 2 aliphatic heterocycles. The van der Waals surface area contributed by atoms with Crippen molar-refractivity contribution in [2.75, 3.05) is 13.1 Å². The molecule has 2 rings (SSSR count). The summed E-state index contributed by atoms with van der Waals surface area (Å²) < 4.78 is 5.42. The Balaban J connectivity index is 2.46. The first-order valence-corrected chi connectivity index (χ1v) is 6.15. The molecule has 0 aromatic heterocycles. The standard InChI is InChI=1S/C12H18N2O4/c1-4-13-9(15)12(8(3)6-7-18-12)10(16)14(5-2)11(13)17/h6-9,15H,4-5H2,1-3H3/t8?,9-,12+/m0/s1. The average Bonchev–Trinajstić information content (AvgIpc) is 2.72. The van der Waals surface area contributed by atoms with E-state index >= 15 is 0 Å². The Bertz CT molecular complexity index is 409. The highest BCUT2D eigenvalue weighted by atomic mass is 16.5. The fraction of sp³-hybridized carbons (Fsp3) is 0.667. The van der Waals surface area contributed by atoms with Crippen molar-refractivity contribution in [1.82, 2.24) is 9.80 Å². The van der Waals surface area contributed by atoms with Crippen molar-refractivity contribution >= 4 is 11.9 Å². The number of carbonyl (C=O) groups excluding carboxylic acids is 2. The van der Waals surface area contributed by atoms with E-state index in [1.54, 1.807) is 26.8 Å². The van der Waals surface area contributed by atoms with E-state index < -0.39 is 23.8 Å². The number of ether oxygens (including phenoxy) is 1. The Morgan fingerprint density at radius 2 is 2.06 bits per heavy atom. The molecule has 2 aliphatic rings. The number of aliphatic hydroxyl groups excluding tert-OH is 1. The maximum absolute atomic E-state index is 12.4. The molecule has 1 spiro atoms. The predicted molar refractivity (Wildman–Crippen MR) is 63.3 cm³/mol. The van der Waals surface area contributed by atoms with Crippen LogP contribution in [0, 0.1) is 5.92 Å². The molecule has 1 saturated heterocycles. The fourth-order valence-corrected chi connectivity index (χ4v) is 2.55. The number of hydrogen-bond acceptors (Lipinski definition) is 4. The van der Waals surface area contributed by atoms with Gasteiger partial charge in [0.15, 0.2) is 6.23 Å². The molecule has 6 heteroatoms.